The van der Waals surface area contributed by atoms with E-state index in [1.807, 2.05) is 12.3 Å². The van der Waals surface area contributed by atoms with Crippen LogP contribution in [0.2, 0.25) is 0 Å². The van der Waals surface area contributed by atoms with Gasteiger partial charge in [-0.05, 0) is 30.7 Å². The van der Waals surface area contributed by atoms with Crippen LogP contribution in [0.1, 0.15) is 12.6 Å². The van der Waals surface area contributed by atoms with E-state index in [-0.39, 0.29) is 0 Å². The summed E-state index contributed by atoms with van der Waals surface area (Å²) in [5, 5.41) is 5.03. The molecule has 0 spiro atoms. The predicted octanol–water partition coefficient (Wildman–Crippen LogP) is 3.33. The predicted molar refractivity (Wildman–Crippen MR) is 74.1 cm³/mol. The van der Waals surface area contributed by atoms with Crippen LogP contribution in [-0.4, -0.2) is 18.2 Å². The van der Waals surface area contributed by atoms with Crippen molar-refractivity contribution in [2.75, 3.05) is 12.4 Å². The number of carbonyl (C=O) groups excluding carboxylic acids is 1. The summed E-state index contributed by atoms with van der Waals surface area (Å²) in [5.74, 6) is 1.16. The normalized spacial score (nSPS) is 10.0. The lowest BCUT2D eigenvalue weighted by Crippen LogP contribution is -2.16. The van der Waals surface area contributed by atoms with Crippen molar-refractivity contribution in [1.29, 1.82) is 0 Å². The van der Waals surface area contributed by atoms with Gasteiger partial charge in [-0.1, -0.05) is 6.92 Å². The fourth-order valence-corrected chi connectivity index (χ4v) is 2.17. The minimum atomic E-state index is -0.554. The molecule has 0 saturated heterocycles. The van der Waals surface area contributed by atoms with Gasteiger partial charge in [-0.2, -0.15) is 0 Å². The number of anilines is 1. The number of rotatable bonds is 4. The van der Waals surface area contributed by atoms with E-state index in [9.17, 15) is 4.79 Å². The van der Waals surface area contributed by atoms with E-state index in [0.29, 0.717) is 16.6 Å². The number of hydrogen-bond acceptors (Lipinski definition) is 5. The highest BCUT2D eigenvalue weighted by atomic mass is 32.1. The molecule has 5 nitrogen and oxygen atoms in total. The van der Waals surface area contributed by atoms with Crippen LogP contribution in [0.4, 0.5) is 9.93 Å². The van der Waals surface area contributed by atoms with E-state index in [4.69, 9.17) is 9.47 Å². The molecule has 2 aromatic rings. The largest absolute Gasteiger partial charge is 0.497 e. The summed E-state index contributed by atoms with van der Waals surface area (Å²) < 4.78 is 10.1. The zero-order valence-corrected chi connectivity index (χ0v) is 11.5. The number of thiazole rings is 1. The summed E-state index contributed by atoms with van der Waals surface area (Å²) in [6.45, 7) is 2.01. The number of aromatic nitrogens is 1. The van der Waals surface area contributed by atoms with Crippen LogP contribution in [0.3, 0.4) is 0 Å². The fraction of sp³-hybridized carbons (Fsp3) is 0.231. The molecule has 0 atom stereocenters. The number of benzene rings is 1. The Kier molecular flexibility index (Phi) is 4.35. The van der Waals surface area contributed by atoms with Crippen LogP contribution < -0.4 is 14.8 Å². The maximum Gasteiger partial charge on any atom is 0.418 e. The van der Waals surface area contributed by atoms with Crippen molar-refractivity contribution in [2.45, 2.75) is 13.3 Å². The fourth-order valence-electron chi connectivity index (χ4n) is 1.39. The van der Waals surface area contributed by atoms with Gasteiger partial charge in [-0.3, -0.25) is 5.32 Å². The number of aryl methyl sites for hydroxylation is 1. The number of nitrogens with one attached hydrogen (secondary N) is 1. The van der Waals surface area contributed by atoms with E-state index in [0.717, 1.165) is 12.1 Å². The van der Waals surface area contributed by atoms with E-state index >= 15 is 0 Å². The minimum Gasteiger partial charge on any atom is -0.497 e. The Morgan fingerprint density at radius 1 is 1.32 bits per heavy atom. The Morgan fingerprint density at radius 3 is 2.58 bits per heavy atom. The van der Waals surface area contributed by atoms with Gasteiger partial charge in [0.15, 0.2) is 5.13 Å². The summed E-state index contributed by atoms with van der Waals surface area (Å²) in [6.07, 6.45) is 0.285. The third kappa shape index (κ3) is 3.69. The number of nitrogens with zero attached hydrogens (tertiary/aromatic N) is 1. The lowest BCUT2D eigenvalue weighted by molar-refractivity contribution is 0.215. The van der Waals surface area contributed by atoms with Crippen LogP contribution in [0.25, 0.3) is 0 Å². The summed E-state index contributed by atoms with van der Waals surface area (Å²) in [5.41, 5.74) is 0.949. The molecule has 0 aliphatic heterocycles. The summed E-state index contributed by atoms with van der Waals surface area (Å²) in [6, 6.07) is 6.78. The molecule has 0 aliphatic carbocycles. The molecule has 1 N–H and O–H groups in total. The molecule has 0 unspecified atom stereocenters. The second kappa shape index (κ2) is 6.19. The van der Waals surface area contributed by atoms with Gasteiger partial charge in [-0.25, -0.2) is 9.78 Å². The third-order valence-electron chi connectivity index (χ3n) is 2.39. The Hall–Kier alpha value is -2.08. The number of amides is 1. The molecule has 0 radical (unpaired) electrons. The maximum atomic E-state index is 11.6. The highest BCUT2D eigenvalue weighted by molar-refractivity contribution is 7.13. The first-order chi connectivity index (χ1) is 9.21. The second-order valence-corrected chi connectivity index (χ2v) is 4.55. The second-order valence-electron chi connectivity index (χ2n) is 3.69. The van der Waals surface area contributed by atoms with Crippen LogP contribution >= 0.6 is 11.3 Å². The van der Waals surface area contributed by atoms with Crippen LogP contribution in [0, 0.1) is 0 Å². The SMILES string of the molecule is CCc1csc(NC(=O)Oc2ccc(OC)cc2)n1. The zero-order chi connectivity index (χ0) is 13.7. The van der Waals surface area contributed by atoms with Crippen molar-refractivity contribution >= 4 is 22.6 Å². The van der Waals surface area contributed by atoms with Gasteiger partial charge >= 0.3 is 6.09 Å². The van der Waals surface area contributed by atoms with Crippen LogP contribution in [0.5, 0.6) is 11.5 Å². The van der Waals surface area contributed by atoms with E-state index < -0.39 is 6.09 Å². The average Bonchev–Trinajstić information content (AvgIpc) is 2.87. The zero-order valence-electron chi connectivity index (χ0n) is 10.7. The monoisotopic (exact) mass is 278 g/mol. The van der Waals surface area contributed by atoms with Crippen LogP contribution in [-0.2, 0) is 6.42 Å². The molecule has 2 rings (SSSR count). The summed E-state index contributed by atoms with van der Waals surface area (Å²) in [7, 11) is 1.58. The molecule has 0 saturated carbocycles. The average molecular weight is 278 g/mol. The van der Waals surface area contributed by atoms with Gasteiger partial charge in [-0.15, -0.1) is 11.3 Å². The number of ether oxygens (including phenoxy) is 2. The van der Waals surface area contributed by atoms with Crippen molar-refractivity contribution in [3.05, 3.63) is 35.3 Å². The van der Waals surface area contributed by atoms with Crippen molar-refractivity contribution < 1.29 is 14.3 Å². The molecule has 19 heavy (non-hydrogen) atoms. The molecular formula is C13H14N2O3S. The van der Waals surface area contributed by atoms with E-state index in [2.05, 4.69) is 10.3 Å². The number of methoxy groups -OCH3 is 1. The Bertz CT molecular complexity index is 551. The number of hydrogen-bond donors (Lipinski definition) is 1. The molecule has 1 heterocycles. The summed E-state index contributed by atoms with van der Waals surface area (Å²) in [4.78, 5) is 15.9. The minimum absolute atomic E-state index is 0.450. The highest BCUT2D eigenvalue weighted by Gasteiger charge is 2.08. The number of carbonyl (C=O) groups is 1. The highest BCUT2D eigenvalue weighted by Crippen LogP contribution is 2.19. The van der Waals surface area contributed by atoms with Gasteiger partial charge < -0.3 is 9.47 Å². The van der Waals surface area contributed by atoms with Crippen molar-refractivity contribution in [1.82, 2.24) is 4.98 Å². The van der Waals surface area contributed by atoms with Crippen molar-refractivity contribution in [3.8, 4) is 11.5 Å². The summed E-state index contributed by atoms with van der Waals surface area (Å²) >= 11 is 1.38. The van der Waals surface area contributed by atoms with Crippen molar-refractivity contribution in [3.63, 3.8) is 0 Å². The lowest BCUT2D eigenvalue weighted by atomic mass is 10.3. The molecule has 100 valence electrons. The van der Waals surface area contributed by atoms with E-state index in [1.165, 1.54) is 11.3 Å². The van der Waals surface area contributed by atoms with Gasteiger partial charge in [0.05, 0.1) is 12.8 Å². The van der Waals surface area contributed by atoms with Gasteiger partial charge in [0, 0.05) is 5.38 Å². The van der Waals surface area contributed by atoms with Gasteiger partial charge in [0.2, 0.25) is 0 Å². The Labute approximate surface area is 115 Å². The molecule has 6 heteroatoms. The smallest absolute Gasteiger partial charge is 0.418 e. The molecular weight excluding hydrogens is 264 g/mol. The molecule has 0 bridgehead atoms. The third-order valence-corrected chi connectivity index (χ3v) is 3.20. The van der Waals surface area contributed by atoms with Gasteiger partial charge in [0.25, 0.3) is 0 Å². The molecule has 1 aromatic carbocycles. The van der Waals surface area contributed by atoms with E-state index in [1.54, 1.807) is 31.4 Å². The molecule has 0 fully saturated rings. The van der Waals surface area contributed by atoms with Crippen LogP contribution in [0.15, 0.2) is 29.6 Å². The molecule has 1 amide bonds. The first-order valence-electron chi connectivity index (χ1n) is 5.78. The van der Waals surface area contributed by atoms with Gasteiger partial charge in [0.1, 0.15) is 11.5 Å². The molecule has 1 aromatic heterocycles. The lowest BCUT2D eigenvalue weighted by Gasteiger charge is -2.05. The first kappa shape index (κ1) is 13.4. The molecule has 0 aliphatic rings. The Balaban J connectivity index is 1.93. The first-order valence-corrected chi connectivity index (χ1v) is 6.66. The topological polar surface area (TPSA) is 60.5 Å². The van der Waals surface area contributed by atoms with Crippen molar-refractivity contribution in [2.24, 2.45) is 0 Å². The standard InChI is InChI=1S/C13H14N2O3S/c1-3-9-8-19-12(14-9)15-13(16)18-11-6-4-10(17-2)5-7-11/h4-8H,3H2,1-2H3,(H,14,15,16). The Morgan fingerprint density at radius 2 is 2.00 bits per heavy atom. The maximum absolute atomic E-state index is 11.6. The quantitative estimate of drug-likeness (QED) is 0.932.